The van der Waals surface area contributed by atoms with Crippen LogP contribution in [0.15, 0.2) is 16.6 Å². The summed E-state index contributed by atoms with van der Waals surface area (Å²) in [6.07, 6.45) is 0.796. The molecule has 3 rings (SSSR count). The van der Waals surface area contributed by atoms with Gasteiger partial charge in [0.2, 0.25) is 0 Å². The van der Waals surface area contributed by atoms with Gasteiger partial charge < -0.3 is 9.64 Å². The van der Waals surface area contributed by atoms with Gasteiger partial charge in [0, 0.05) is 29.7 Å². The number of nitrogens with zero attached hydrogens (tertiary/aromatic N) is 2. The molecule has 1 aromatic carbocycles. The van der Waals surface area contributed by atoms with E-state index in [1.54, 1.807) is 4.90 Å². The molecule has 1 aromatic heterocycles. The third-order valence-corrected chi connectivity index (χ3v) is 5.24. The fraction of sp³-hybridized carbons (Fsp3) is 0.444. The molecule has 0 saturated heterocycles. The summed E-state index contributed by atoms with van der Waals surface area (Å²) in [6.45, 7) is 6.52. The standard InChI is InChI=1S/C18H19BrClFN2O2/c1-18(2,3)25-17(24)23-8-6-10-13(7-9-23)22-16-11(20)4-5-12(21)14(16)15(10)19/h4-5H,6-9H2,1-3H3. The lowest BCUT2D eigenvalue weighted by Gasteiger charge is -2.26. The van der Waals surface area contributed by atoms with Gasteiger partial charge in [0.1, 0.15) is 11.4 Å². The van der Waals surface area contributed by atoms with Crippen molar-refractivity contribution in [2.75, 3.05) is 13.1 Å². The van der Waals surface area contributed by atoms with Gasteiger partial charge in [0.15, 0.2) is 0 Å². The van der Waals surface area contributed by atoms with E-state index in [1.807, 2.05) is 20.8 Å². The molecule has 0 atom stereocenters. The number of fused-ring (bicyclic) bond motifs is 2. The molecule has 0 unspecified atom stereocenters. The molecule has 1 aliphatic heterocycles. The van der Waals surface area contributed by atoms with Crippen molar-refractivity contribution < 1.29 is 13.9 Å². The predicted octanol–water partition coefficient (Wildman–Crippen LogP) is 5.13. The minimum atomic E-state index is -0.541. The summed E-state index contributed by atoms with van der Waals surface area (Å²) in [6, 6.07) is 2.85. The first-order valence-electron chi connectivity index (χ1n) is 8.10. The van der Waals surface area contributed by atoms with Crippen molar-refractivity contribution in [3.63, 3.8) is 0 Å². The van der Waals surface area contributed by atoms with Gasteiger partial charge in [-0.25, -0.2) is 9.18 Å². The van der Waals surface area contributed by atoms with E-state index in [4.69, 9.17) is 16.3 Å². The zero-order valence-corrected chi connectivity index (χ0v) is 16.7. The van der Waals surface area contributed by atoms with Crippen LogP contribution < -0.4 is 0 Å². The summed E-state index contributed by atoms with van der Waals surface area (Å²) in [5, 5.41) is 0.796. The molecule has 0 N–H and O–H groups in total. The Kier molecular flexibility index (Phi) is 4.95. The molecule has 0 fully saturated rings. The maximum absolute atomic E-state index is 14.3. The number of rotatable bonds is 0. The Bertz CT molecular complexity index is 851. The molecule has 134 valence electrons. The lowest BCUT2D eigenvalue weighted by atomic mass is 10.1. The maximum Gasteiger partial charge on any atom is 0.410 e. The van der Waals surface area contributed by atoms with E-state index in [1.165, 1.54) is 12.1 Å². The van der Waals surface area contributed by atoms with E-state index < -0.39 is 5.60 Å². The number of aromatic nitrogens is 1. The van der Waals surface area contributed by atoms with Crippen LogP contribution in [0.5, 0.6) is 0 Å². The Morgan fingerprint density at radius 2 is 2.00 bits per heavy atom. The largest absolute Gasteiger partial charge is 0.444 e. The topological polar surface area (TPSA) is 42.4 Å². The van der Waals surface area contributed by atoms with Gasteiger partial charge in [0.05, 0.1) is 15.9 Å². The molecule has 0 aliphatic carbocycles. The fourth-order valence-corrected chi connectivity index (χ4v) is 3.91. The SMILES string of the molecule is CC(C)(C)OC(=O)N1CCc2nc3c(Cl)ccc(F)c3c(Br)c2CC1. The first-order valence-corrected chi connectivity index (χ1v) is 9.27. The molecule has 1 aliphatic rings. The van der Waals surface area contributed by atoms with E-state index in [0.717, 1.165) is 11.3 Å². The van der Waals surface area contributed by atoms with Crippen LogP contribution in [0.2, 0.25) is 5.02 Å². The third kappa shape index (κ3) is 3.75. The number of carbonyl (C=O) groups is 1. The van der Waals surface area contributed by atoms with Crippen LogP contribution in [0.25, 0.3) is 10.9 Å². The normalized spacial score (nSPS) is 15.0. The highest BCUT2D eigenvalue weighted by Crippen LogP contribution is 2.35. The summed E-state index contributed by atoms with van der Waals surface area (Å²) in [7, 11) is 0. The number of amides is 1. The average molecular weight is 430 g/mol. The first-order chi connectivity index (χ1) is 11.7. The van der Waals surface area contributed by atoms with Gasteiger partial charge in [-0.15, -0.1) is 0 Å². The maximum atomic E-state index is 14.3. The summed E-state index contributed by atoms with van der Waals surface area (Å²) in [4.78, 5) is 18.6. The number of benzene rings is 1. The zero-order chi connectivity index (χ0) is 18.4. The van der Waals surface area contributed by atoms with Gasteiger partial charge in [-0.2, -0.15) is 0 Å². The second-order valence-electron chi connectivity index (χ2n) is 7.07. The highest BCUT2D eigenvalue weighted by Gasteiger charge is 2.26. The van der Waals surface area contributed by atoms with Crippen molar-refractivity contribution in [3.8, 4) is 0 Å². The number of hydrogen-bond donors (Lipinski definition) is 0. The predicted molar refractivity (Wildman–Crippen MR) is 99.6 cm³/mol. The van der Waals surface area contributed by atoms with Crippen LogP contribution in [0.4, 0.5) is 9.18 Å². The summed E-state index contributed by atoms with van der Waals surface area (Å²) in [5.74, 6) is -0.366. The molecule has 0 spiro atoms. The molecule has 2 aromatic rings. The number of hydrogen-bond acceptors (Lipinski definition) is 3. The Morgan fingerprint density at radius 3 is 2.68 bits per heavy atom. The monoisotopic (exact) mass is 428 g/mol. The zero-order valence-electron chi connectivity index (χ0n) is 14.3. The lowest BCUT2D eigenvalue weighted by molar-refractivity contribution is 0.0258. The minimum Gasteiger partial charge on any atom is -0.444 e. The van der Waals surface area contributed by atoms with E-state index in [0.29, 0.717) is 46.3 Å². The lowest BCUT2D eigenvalue weighted by Crippen LogP contribution is -2.38. The van der Waals surface area contributed by atoms with Crippen molar-refractivity contribution in [1.29, 1.82) is 0 Å². The molecule has 1 amide bonds. The van der Waals surface area contributed by atoms with E-state index in [-0.39, 0.29) is 11.9 Å². The van der Waals surface area contributed by atoms with Crippen LogP contribution in [-0.2, 0) is 17.6 Å². The quantitative estimate of drug-likeness (QED) is 0.583. The second kappa shape index (κ2) is 6.72. The third-order valence-electron chi connectivity index (χ3n) is 4.06. The molecule has 0 saturated carbocycles. The van der Waals surface area contributed by atoms with Gasteiger partial charge in [0.25, 0.3) is 0 Å². The van der Waals surface area contributed by atoms with Crippen LogP contribution >= 0.6 is 27.5 Å². The van der Waals surface area contributed by atoms with E-state index in [2.05, 4.69) is 20.9 Å². The molecule has 2 heterocycles. The Balaban J connectivity index is 1.96. The summed E-state index contributed by atoms with van der Waals surface area (Å²) < 4.78 is 20.4. The van der Waals surface area contributed by atoms with Crippen molar-refractivity contribution in [1.82, 2.24) is 9.88 Å². The fourth-order valence-electron chi connectivity index (χ4n) is 2.91. The number of ether oxygens (including phenoxy) is 1. The Morgan fingerprint density at radius 1 is 1.32 bits per heavy atom. The molecular formula is C18H19BrClFN2O2. The van der Waals surface area contributed by atoms with Gasteiger partial charge >= 0.3 is 6.09 Å². The summed E-state index contributed by atoms with van der Waals surface area (Å²) in [5.41, 5.74) is 1.65. The second-order valence-corrected chi connectivity index (χ2v) is 8.27. The average Bonchev–Trinajstić information content (AvgIpc) is 2.72. The number of halogens is 3. The van der Waals surface area contributed by atoms with Gasteiger partial charge in [-0.3, -0.25) is 4.98 Å². The smallest absolute Gasteiger partial charge is 0.410 e. The molecule has 7 heteroatoms. The Labute approximate surface area is 159 Å². The highest BCUT2D eigenvalue weighted by molar-refractivity contribution is 9.10. The van der Waals surface area contributed by atoms with E-state index >= 15 is 0 Å². The van der Waals surface area contributed by atoms with Crippen LogP contribution in [0.1, 0.15) is 32.0 Å². The van der Waals surface area contributed by atoms with Crippen LogP contribution in [0.3, 0.4) is 0 Å². The van der Waals surface area contributed by atoms with Gasteiger partial charge in [-0.05, 0) is 60.8 Å². The van der Waals surface area contributed by atoms with Crippen LogP contribution in [-0.4, -0.2) is 34.7 Å². The number of carbonyl (C=O) groups excluding carboxylic acids is 1. The minimum absolute atomic E-state index is 0.342. The molecule has 0 radical (unpaired) electrons. The van der Waals surface area contributed by atoms with E-state index in [9.17, 15) is 9.18 Å². The van der Waals surface area contributed by atoms with Crippen molar-refractivity contribution >= 4 is 44.5 Å². The van der Waals surface area contributed by atoms with Crippen LogP contribution in [0, 0.1) is 5.82 Å². The Hall–Kier alpha value is -1.40. The number of pyridine rings is 1. The highest BCUT2D eigenvalue weighted by atomic mass is 79.9. The van der Waals surface area contributed by atoms with Crippen molar-refractivity contribution in [2.24, 2.45) is 0 Å². The molecule has 25 heavy (non-hydrogen) atoms. The molecule has 4 nitrogen and oxygen atoms in total. The van der Waals surface area contributed by atoms with Crippen molar-refractivity contribution in [3.05, 3.63) is 38.7 Å². The molecular weight excluding hydrogens is 411 g/mol. The van der Waals surface area contributed by atoms with Gasteiger partial charge in [-0.1, -0.05) is 11.6 Å². The first kappa shape index (κ1) is 18.4. The summed E-state index contributed by atoms with van der Waals surface area (Å²) >= 11 is 9.72. The molecule has 0 bridgehead atoms. The van der Waals surface area contributed by atoms with Crippen molar-refractivity contribution in [2.45, 2.75) is 39.2 Å².